The highest BCUT2D eigenvalue weighted by molar-refractivity contribution is 7.99. The van der Waals surface area contributed by atoms with Crippen molar-refractivity contribution in [3.63, 3.8) is 0 Å². The first-order chi connectivity index (χ1) is 8.67. The number of carbonyl (C=O) groups is 2. The van der Waals surface area contributed by atoms with E-state index in [1.54, 1.807) is 18.7 Å². The molecule has 5 nitrogen and oxygen atoms in total. The molecule has 1 amide bonds. The molecule has 0 rings (SSSR count). The van der Waals surface area contributed by atoms with Crippen molar-refractivity contribution in [2.75, 3.05) is 18.1 Å². The molecule has 0 aliphatic carbocycles. The van der Waals surface area contributed by atoms with E-state index in [0.29, 0.717) is 12.2 Å². The third-order valence-corrected chi connectivity index (χ3v) is 4.02. The van der Waals surface area contributed by atoms with Gasteiger partial charge < -0.3 is 15.5 Å². The number of amides is 1. The normalized spacial score (nSPS) is 14.8. The van der Waals surface area contributed by atoms with Gasteiger partial charge in [-0.15, -0.1) is 0 Å². The Kier molecular flexibility index (Phi) is 8.09. The van der Waals surface area contributed by atoms with Crippen LogP contribution in [-0.2, 0) is 9.59 Å². The van der Waals surface area contributed by atoms with Crippen LogP contribution in [-0.4, -0.2) is 46.2 Å². The van der Waals surface area contributed by atoms with Gasteiger partial charge in [-0.25, -0.2) is 4.79 Å². The van der Waals surface area contributed by atoms with Gasteiger partial charge in [-0.3, -0.25) is 4.79 Å². The van der Waals surface area contributed by atoms with Crippen LogP contribution < -0.4 is 5.32 Å². The van der Waals surface area contributed by atoms with Crippen LogP contribution in [0.5, 0.6) is 0 Å². The van der Waals surface area contributed by atoms with Crippen LogP contribution in [0.3, 0.4) is 0 Å². The number of thioether (sulfide) groups is 1. The molecule has 0 saturated heterocycles. The molecule has 0 aromatic carbocycles. The summed E-state index contributed by atoms with van der Waals surface area (Å²) in [6.45, 7) is 7.65. The van der Waals surface area contributed by atoms with Gasteiger partial charge in [-0.2, -0.15) is 11.8 Å². The molecule has 0 spiro atoms. The standard InChI is InChI=1S/C13H25NO4S/c1-9(7-15)11(16)14-10(12(17)18)5-6-19-8-13(2,3)4/h9-10,15H,5-8H2,1-4H3,(H,14,16)(H,17,18). The first-order valence-corrected chi connectivity index (χ1v) is 7.54. The number of hydrogen-bond donors (Lipinski definition) is 3. The lowest BCUT2D eigenvalue weighted by Crippen LogP contribution is -2.44. The van der Waals surface area contributed by atoms with Crippen molar-refractivity contribution in [2.24, 2.45) is 11.3 Å². The molecule has 0 aliphatic rings. The fraction of sp³-hybridized carbons (Fsp3) is 0.846. The van der Waals surface area contributed by atoms with Gasteiger partial charge in [0, 0.05) is 0 Å². The number of hydrogen-bond acceptors (Lipinski definition) is 4. The molecule has 112 valence electrons. The van der Waals surface area contributed by atoms with E-state index in [2.05, 4.69) is 26.1 Å². The highest BCUT2D eigenvalue weighted by Gasteiger charge is 2.22. The van der Waals surface area contributed by atoms with Crippen molar-refractivity contribution in [2.45, 2.75) is 40.2 Å². The van der Waals surface area contributed by atoms with Crippen molar-refractivity contribution in [3.05, 3.63) is 0 Å². The Labute approximate surface area is 119 Å². The predicted octanol–water partition coefficient (Wildman–Crippen LogP) is 1.35. The highest BCUT2D eigenvalue weighted by Crippen LogP contribution is 2.21. The molecule has 0 aliphatic heterocycles. The van der Waals surface area contributed by atoms with Gasteiger partial charge in [-0.1, -0.05) is 27.7 Å². The van der Waals surface area contributed by atoms with E-state index in [1.165, 1.54) is 0 Å². The Morgan fingerprint density at radius 2 is 1.89 bits per heavy atom. The van der Waals surface area contributed by atoms with Crippen molar-refractivity contribution in [1.29, 1.82) is 0 Å². The lowest BCUT2D eigenvalue weighted by Gasteiger charge is -2.19. The second kappa shape index (κ2) is 8.43. The minimum atomic E-state index is -1.03. The SMILES string of the molecule is CC(CO)C(=O)NC(CCSCC(C)(C)C)C(=O)O. The highest BCUT2D eigenvalue weighted by atomic mass is 32.2. The summed E-state index contributed by atoms with van der Waals surface area (Å²) < 4.78 is 0. The largest absolute Gasteiger partial charge is 0.480 e. The molecule has 3 N–H and O–H groups in total. The van der Waals surface area contributed by atoms with Crippen molar-refractivity contribution in [3.8, 4) is 0 Å². The second-order valence-electron chi connectivity index (χ2n) is 5.88. The van der Waals surface area contributed by atoms with Gasteiger partial charge in [0.15, 0.2) is 0 Å². The topological polar surface area (TPSA) is 86.6 Å². The number of carboxylic acids is 1. The monoisotopic (exact) mass is 291 g/mol. The Hall–Kier alpha value is -0.750. The van der Waals surface area contributed by atoms with E-state index in [4.69, 9.17) is 10.2 Å². The molecule has 0 aromatic heterocycles. The summed E-state index contributed by atoms with van der Waals surface area (Å²) >= 11 is 1.68. The molecular formula is C13H25NO4S. The molecule has 0 fully saturated rings. The average molecular weight is 291 g/mol. The molecule has 2 atom stereocenters. The fourth-order valence-electron chi connectivity index (χ4n) is 1.23. The van der Waals surface area contributed by atoms with Crippen LogP contribution in [0.25, 0.3) is 0 Å². The fourth-order valence-corrected chi connectivity index (χ4v) is 2.39. The molecule has 0 bridgehead atoms. The van der Waals surface area contributed by atoms with Crippen molar-refractivity contribution in [1.82, 2.24) is 5.32 Å². The van der Waals surface area contributed by atoms with Gasteiger partial charge in [0.2, 0.25) is 5.91 Å². The van der Waals surface area contributed by atoms with Gasteiger partial charge in [0.25, 0.3) is 0 Å². The summed E-state index contributed by atoms with van der Waals surface area (Å²) in [5, 5.41) is 20.4. The van der Waals surface area contributed by atoms with Gasteiger partial charge >= 0.3 is 5.97 Å². The predicted molar refractivity (Wildman–Crippen MR) is 77.2 cm³/mol. The Morgan fingerprint density at radius 1 is 1.32 bits per heavy atom. The molecule has 2 unspecified atom stereocenters. The van der Waals surface area contributed by atoms with E-state index >= 15 is 0 Å². The number of aliphatic hydroxyl groups excluding tert-OH is 1. The maximum Gasteiger partial charge on any atom is 0.326 e. The minimum Gasteiger partial charge on any atom is -0.480 e. The smallest absolute Gasteiger partial charge is 0.326 e. The molecule has 6 heteroatoms. The van der Waals surface area contributed by atoms with Crippen LogP contribution >= 0.6 is 11.8 Å². The summed E-state index contributed by atoms with van der Waals surface area (Å²) in [7, 11) is 0. The summed E-state index contributed by atoms with van der Waals surface area (Å²) in [6, 6.07) is -0.881. The van der Waals surface area contributed by atoms with Crippen LogP contribution in [0.4, 0.5) is 0 Å². The summed E-state index contributed by atoms with van der Waals surface area (Å²) in [5.74, 6) is -0.405. The molecule has 0 saturated carbocycles. The van der Waals surface area contributed by atoms with E-state index in [0.717, 1.165) is 5.75 Å². The van der Waals surface area contributed by atoms with E-state index in [1.807, 2.05) is 0 Å². The maximum atomic E-state index is 11.5. The first-order valence-electron chi connectivity index (χ1n) is 6.39. The van der Waals surface area contributed by atoms with E-state index in [-0.39, 0.29) is 12.0 Å². The molecule has 0 heterocycles. The third kappa shape index (κ3) is 8.88. The van der Waals surface area contributed by atoms with Gasteiger partial charge in [0.05, 0.1) is 12.5 Å². The number of nitrogens with one attached hydrogen (secondary N) is 1. The summed E-state index contributed by atoms with van der Waals surface area (Å²) in [6.07, 6.45) is 0.389. The number of aliphatic hydroxyl groups is 1. The van der Waals surface area contributed by atoms with Crippen molar-refractivity contribution < 1.29 is 19.8 Å². The molecule has 0 aromatic rings. The lowest BCUT2D eigenvalue weighted by molar-refractivity contribution is -0.142. The van der Waals surface area contributed by atoms with Gasteiger partial charge in [0.1, 0.15) is 6.04 Å². The maximum absolute atomic E-state index is 11.5. The Balaban J connectivity index is 4.14. The van der Waals surface area contributed by atoms with Crippen LogP contribution in [0.1, 0.15) is 34.1 Å². The van der Waals surface area contributed by atoms with Crippen molar-refractivity contribution >= 4 is 23.6 Å². The lowest BCUT2D eigenvalue weighted by atomic mass is 10.0. The number of rotatable bonds is 8. The second-order valence-corrected chi connectivity index (χ2v) is 6.99. The quantitative estimate of drug-likeness (QED) is 0.588. The zero-order valence-corrected chi connectivity index (χ0v) is 12.9. The zero-order chi connectivity index (χ0) is 15.1. The average Bonchev–Trinajstić information content (AvgIpc) is 2.29. The van der Waals surface area contributed by atoms with Crippen LogP contribution in [0, 0.1) is 11.3 Å². The summed E-state index contributed by atoms with van der Waals surface area (Å²) in [4.78, 5) is 22.6. The number of carboxylic acid groups (broad SMARTS) is 1. The number of aliphatic carboxylic acids is 1. The molecule has 19 heavy (non-hydrogen) atoms. The minimum absolute atomic E-state index is 0.206. The molecular weight excluding hydrogens is 266 g/mol. The van der Waals surface area contributed by atoms with Crippen LogP contribution in [0.2, 0.25) is 0 Å². The van der Waals surface area contributed by atoms with E-state index < -0.39 is 23.8 Å². The summed E-state index contributed by atoms with van der Waals surface area (Å²) in [5.41, 5.74) is 0.206. The Morgan fingerprint density at radius 3 is 2.32 bits per heavy atom. The first kappa shape index (κ1) is 18.2. The molecule has 0 radical (unpaired) electrons. The van der Waals surface area contributed by atoms with Crippen LogP contribution in [0.15, 0.2) is 0 Å². The number of carbonyl (C=O) groups excluding carboxylic acids is 1. The van der Waals surface area contributed by atoms with E-state index in [9.17, 15) is 9.59 Å². The zero-order valence-electron chi connectivity index (χ0n) is 12.1. The third-order valence-electron chi connectivity index (χ3n) is 2.42. The Bertz CT molecular complexity index is 302. The van der Waals surface area contributed by atoms with Gasteiger partial charge in [-0.05, 0) is 23.3 Å².